The second kappa shape index (κ2) is 23.9. The molecule has 2 nitrogen and oxygen atoms in total. The molecule has 8 bridgehead atoms. The number of rotatable bonds is 22. The Morgan fingerprint density at radius 1 is 0.306 bits per heavy atom. The van der Waals surface area contributed by atoms with E-state index in [-0.39, 0.29) is 5.41 Å². The van der Waals surface area contributed by atoms with E-state index in [9.17, 15) is 0 Å². The summed E-state index contributed by atoms with van der Waals surface area (Å²) in [5, 5.41) is 0. The SMILES string of the molecule is CCCCCCCCC1(CCCCCCCC)c2cc(N(c3ccccc3)c3ccccc3-c3ccc4c(c3)C3CC5CC(CC4C5)C3)ccc2-c2ccc(N(c3ccccc3)c3ccccc3-c3ccc4c(c3)C3CC5CC(CC4C5)C3)cc21. The van der Waals surface area contributed by atoms with Crippen LogP contribution in [0.1, 0.15) is 225 Å². The van der Waals surface area contributed by atoms with Gasteiger partial charge in [-0.3, -0.25) is 0 Å². The minimum Gasteiger partial charge on any atom is -0.310 e. The maximum Gasteiger partial charge on any atom is 0.0540 e. The van der Waals surface area contributed by atoms with E-state index >= 15 is 0 Å². The molecule has 434 valence electrons. The third-order valence-electron chi connectivity index (χ3n) is 22.9. The number of benzene rings is 8. The van der Waals surface area contributed by atoms with Crippen LogP contribution in [0.3, 0.4) is 0 Å². The van der Waals surface area contributed by atoms with Crippen LogP contribution >= 0.6 is 0 Å². The van der Waals surface area contributed by atoms with Crippen LogP contribution in [-0.4, -0.2) is 0 Å². The summed E-state index contributed by atoms with van der Waals surface area (Å²) in [5.74, 6) is 6.51. The molecular weight excluding hydrogens is 1020 g/mol. The zero-order valence-corrected chi connectivity index (χ0v) is 51.3. The van der Waals surface area contributed by atoms with Crippen LogP contribution in [0.25, 0.3) is 33.4 Å². The van der Waals surface area contributed by atoms with Crippen LogP contribution in [0.5, 0.6) is 0 Å². The van der Waals surface area contributed by atoms with Crippen LogP contribution in [0.2, 0.25) is 0 Å². The normalized spacial score (nSPS) is 23.2. The van der Waals surface area contributed by atoms with Crippen LogP contribution in [0, 0.1) is 23.7 Å². The standard InChI is InChI=1S/C83H92N2/c1-3-5-7-9-11-23-41-83(42-24-12-10-8-6-4-2)79-55-69(84(67-25-15-13-16-26-67)81-31-21-19-29-73(81)61-33-37-71-63-45-57-43-58(46-63)50-65(49-57)77(71)53-61)35-39-75(79)76-40-36-70(56-80(76)83)85(68-27-17-14-18-28-68)82-32-22-20-30-74(82)62-34-38-72-64-47-59-44-60(48-64)52-66(51-59)78(72)54-62/h13-22,25-40,53-60,63-66H,3-12,23-24,41-52H2,1-2H3. The molecular formula is C83H92N2. The van der Waals surface area contributed by atoms with Crippen molar-refractivity contribution < 1.29 is 0 Å². The molecule has 0 aliphatic heterocycles. The number of hydrogen-bond donors (Lipinski definition) is 0. The predicted molar refractivity (Wildman–Crippen MR) is 360 cm³/mol. The molecule has 8 aromatic carbocycles. The fraction of sp³-hybridized carbons (Fsp3) is 0.422. The highest BCUT2D eigenvalue weighted by Gasteiger charge is 2.46. The molecule has 85 heavy (non-hydrogen) atoms. The third kappa shape index (κ3) is 10.4. The van der Waals surface area contributed by atoms with Gasteiger partial charge in [0.2, 0.25) is 0 Å². The highest BCUT2D eigenvalue weighted by atomic mass is 15.2. The van der Waals surface area contributed by atoms with Gasteiger partial charge in [-0.15, -0.1) is 0 Å². The first-order chi connectivity index (χ1) is 42.0. The van der Waals surface area contributed by atoms with E-state index in [1.165, 1.54) is 220 Å². The van der Waals surface area contributed by atoms with E-state index in [1.807, 2.05) is 0 Å². The first kappa shape index (κ1) is 55.0. The number of nitrogens with zero attached hydrogens (tertiary/aromatic N) is 2. The molecule has 2 heteroatoms. The Balaban J connectivity index is 0.865. The van der Waals surface area contributed by atoms with Gasteiger partial charge in [-0.1, -0.05) is 212 Å². The number of unbranched alkanes of at least 4 members (excludes halogenated alkanes) is 10. The molecule has 0 saturated heterocycles. The number of anilines is 6. The number of para-hydroxylation sites is 4. The maximum absolute atomic E-state index is 2.69. The molecule has 4 saturated carbocycles. The van der Waals surface area contributed by atoms with Crippen molar-refractivity contribution in [3.05, 3.63) is 215 Å². The molecule has 4 atom stereocenters. The van der Waals surface area contributed by atoms with Crippen LogP contribution < -0.4 is 9.80 Å². The largest absolute Gasteiger partial charge is 0.310 e. The monoisotopic (exact) mass is 1120 g/mol. The number of hydrogen-bond acceptors (Lipinski definition) is 2. The summed E-state index contributed by atoms with van der Waals surface area (Å²) in [4.78, 5) is 5.24. The maximum atomic E-state index is 2.69. The van der Waals surface area contributed by atoms with E-state index in [0.29, 0.717) is 11.8 Å². The summed E-state index contributed by atoms with van der Waals surface area (Å²) in [6.45, 7) is 4.71. The Morgan fingerprint density at radius 3 is 1.08 bits per heavy atom. The highest BCUT2D eigenvalue weighted by molar-refractivity contribution is 5.93. The fourth-order valence-electron chi connectivity index (χ4n) is 19.3. The second-order valence-corrected chi connectivity index (χ2v) is 28.2. The van der Waals surface area contributed by atoms with Crippen LogP contribution in [0.4, 0.5) is 34.1 Å². The Bertz CT molecular complexity index is 3380. The van der Waals surface area contributed by atoms with Crippen LogP contribution in [-0.2, 0) is 5.41 Å². The second-order valence-electron chi connectivity index (χ2n) is 28.2. The molecule has 0 N–H and O–H groups in total. The van der Waals surface area contributed by atoms with Crippen LogP contribution in [0.15, 0.2) is 182 Å². The van der Waals surface area contributed by atoms with Gasteiger partial charge in [0.15, 0.2) is 0 Å². The highest BCUT2D eigenvalue weighted by Crippen LogP contribution is 2.61. The molecule has 0 heterocycles. The lowest BCUT2D eigenvalue weighted by molar-refractivity contribution is 0.165. The molecule has 9 aliphatic rings. The molecule has 4 fully saturated rings. The average Bonchev–Trinajstić information content (AvgIpc) is 1.74. The molecule has 8 aromatic rings. The van der Waals surface area contributed by atoms with Gasteiger partial charge in [-0.2, -0.15) is 0 Å². The smallest absolute Gasteiger partial charge is 0.0540 e. The number of fused-ring (bicyclic) bond motifs is 3. The van der Waals surface area contributed by atoms with Gasteiger partial charge < -0.3 is 9.80 Å². The Kier molecular flexibility index (Phi) is 15.5. The summed E-state index contributed by atoms with van der Waals surface area (Å²) in [5.41, 5.74) is 25.3. The van der Waals surface area contributed by atoms with Gasteiger partial charge in [-0.25, -0.2) is 0 Å². The van der Waals surface area contributed by atoms with Crippen molar-refractivity contribution in [3.63, 3.8) is 0 Å². The fourth-order valence-corrected chi connectivity index (χ4v) is 19.3. The minimum absolute atomic E-state index is 0.152. The summed E-state index contributed by atoms with van der Waals surface area (Å²) in [6.07, 6.45) is 31.9. The van der Waals surface area contributed by atoms with E-state index in [2.05, 4.69) is 206 Å². The molecule has 0 amide bonds. The lowest BCUT2D eigenvalue weighted by Gasteiger charge is -2.38. The average molecular weight is 1120 g/mol. The van der Waals surface area contributed by atoms with Crippen molar-refractivity contribution in [2.24, 2.45) is 23.7 Å². The van der Waals surface area contributed by atoms with Gasteiger partial charge in [-0.05, 0) is 241 Å². The van der Waals surface area contributed by atoms with E-state index in [0.717, 1.165) is 48.3 Å². The van der Waals surface area contributed by atoms with Gasteiger partial charge in [0, 0.05) is 39.3 Å². The molecule has 9 aliphatic carbocycles. The van der Waals surface area contributed by atoms with Gasteiger partial charge in [0.05, 0.1) is 11.4 Å². The van der Waals surface area contributed by atoms with Crippen molar-refractivity contribution >= 4 is 34.1 Å². The third-order valence-corrected chi connectivity index (χ3v) is 22.9. The minimum atomic E-state index is -0.152. The van der Waals surface area contributed by atoms with Crippen molar-refractivity contribution in [2.75, 3.05) is 9.80 Å². The summed E-state index contributed by atoms with van der Waals surface area (Å²) in [6, 6.07) is 72.3. The lowest BCUT2D eigenvalue weighted by atomic mass is 9.67. The molecule has 4 unspecified atom stereocenters. The predicted octanol–water partition coefficient (Wildman–Crippen LogP) is 24.5. The van der Waals surface area contributed by atoms with E-state index in [1.54, 1.807) is 22.3 Å². The van der Waals surface area contributed by atoms with Gasteiger partial charge in [0.1, 0.15) is 0 Å². The van der Waals surface area contributed by atoms with E-state index < -0.39 is 0 Å². The lowest BCUT2D eigenvalue weighted by Crippen LogP contribution is -2.26. The van der Waals surface area contributed by atoms with E-state index in [4.69, 9.17) is 0 Å². The quantitative estimate of drug-likeness (QED) is 0.0624. The first-order valence-electron chi connectivity index (χ1n) is 34.5. The molecule has 0 aromatic heterocycles. The van der Waals surface area contributed by atoms with Crippen molar-refractivity contribution in [1.82, 2.24) is 0 Å². The van der Waals surface area contributed by atoms with Crippen molar-refractivity contribution in [2.45, 2.75) is 197 Å². The summed E-state index contributed by atoms with van der Waals surface area (Å²) in [7, 11) is 0. The Hall–Kier alpha value is -6.64. The summed E-state index contributed by atoms with van der Waals surface area (Å²) >= 11 is 0. The molecule has 0 radical (unpaired) electrons. The summed E-state index contributed by atoms with van der Waals surface area (Å²) < 4.78 is 0. The Morgan fingerprint density at radius 2 is 0.671 bits per heavy atom. The zero-order chi connectivity index (χ0) is 56.8. The van der Waals surface area contributed by atoms with Gasteiger partial charge >= 0.3 is 0 Å². The first-order valence-corrected chi connectivity index (χ1v) is 34.5. The zero-order valence-electron chi connectivity index (χ0n) is 51.3. The molecule has 17 rings (SSSR count). The topological polar surface area (TPSA) is 6.48 Å². The molecule has 0 spiro atoms. The van der Waals surface area contributed by atoms with Crippen molar-refractivity contribution in [3.8, 4) is 33.4 Å². The Labute approximate surface area is 510 Å². The van der Waals surface area contributed by atoms with Crippen molar-refractivity contribution in [1.29, 1.82) is 0 Å². The van der Waals surface area contributed by atoms with Gasteiger partial charge in [0.25, 0.3) is 0 Å².